The van der Waals surface area contributed by atoms with Gasteiger partial charge in [0.1, 0.15) is 0 Å². The molecule has 0 fully saturated rings. The minimum absolute atomic E-state index is 0.156. The highest BCUT2D eigenvalue weighted by atomic mass is 14.4. The first kappa shape index (κ1) is 31.7. The molecule has 0 unspecified atom stereocenters. The second kappa shape index (κ2) is 12.1. The summed E-state index contributed by atoms with van der Waals surface area (Å²) in [5.74, 6) is 0. The van der Waals surface area contributed by atoms with E-state index in [9.17, 15) is 0 Å². The fourth-order valence-corrected chi connectivity index (χ4v) is 9.95. The maximum Gasteiger partial charge on any atom is 0.0171 e. The van der Waals surface area contributed by atoms with Crippen LogP contribution in [-0.4, -0.2) is 0 Å². The lowest BCUT2D eigenvalue weighted by molar-refractivity contribution is 0.668. The molecule has 0 atom stereocenters. The molecule has 1 aliphatic carbocycles. The van der Waals surface area contributed by atoms with Crippen LogP contribution < -0.4 is 0 Å². The highest BCUT2D eigenvalue weighted by molar-refractivity contribution is 6.23. The third-order valence-corrected chi connectivity index (χ3v) is 12.2. The predicted molar refractivity (Wildman–Crippen MR) is 236 cm³/mol. The molecule has 10 aromatic carbocycles. The van der Waals surface area contributed by atoms with Crippen LogP contribution in [-0.2, 0) is 5.41 Å². The van der Waals surface area contributed by atoms with E-state index in [-0.39, 0.29) is 5.41 Å². The molecule has 10 aromatic rings. The lowest BCUT2D eigenvalue weighted by Crippen LogP contribution is -2.16. The lowest BCUT2D eigenvalue weighted by atomic mass is 9.77. The Balaban J connectivity index is 1.13. The monoisotopic (exact) mass is 698 g/mol. The standard InChI is InChI=1S/C55H38/c1-55(2)53-40-22-6-4-17-36(40)32-33-50(53)49-31-15-29-41(54(49)55)37-19-13-20-38(34-37)51-45-25-9-11-27-47(45)52(48-28-12-10-26-46(48)51)44-24-8-7-23-43(44)42-30-14-18-35-16-3-5-21-39(35)42/h3-34H,1-2H3. The quantitative estimate of drug-likeness (QED) is 0.161. The third-order valence-electron chi connectivity index (χ3n) is 12.2. The Morgan fingerprint density at radius 2 is 0.727 bits per heavy atom. The van der Waals surface area contributed by atoms with E-state index < -0.39 is 0 Å². The van der Waals surface area contributed by atoms with E-state index in [1.54, 1.807) is 0 Å². The van der Waals surface area contributed by atoms with Gasteiger partial charge in [-0.15, -0.1) is 0 Å². The van der Waals surface area contributed by atoms with Crippen LogP contribution in [0.3, 0.4) is 0 Å². The van der Waals surface area contributed by atoms with Gasteiger partial charge in [-0.2, -0.15) is 0 Å². The zero-order valence-electron chi connectivity index (χ0n) is 31.0. The van der Waals surface area contributed by atoms with E-state index in [1.165, 1.54) is 110 Å². The number of fused-ring (bicyclic) bond motifs is 8. The molecule has 258 valence electrons. The molecular formula is C55H38. The minimum atomic E-state index is -0.156. The van der Waals surface area contributed by atoms with Crippen molar-refractivity contribution in [1.29, 1.82) is 0 Å². The first-order valence-corrected chi connectivity index (χ1v) is 19.4. The van der Waals surface area contributed by atoms with E-state index in [0.717, 1.165) is 0 Å². The van der Waals surface area contributed by atoms with E-state index in [4.69, 9.17) is 0 Å². The van der Waals surface area contributed by atoms with Crippen LogP contribution >= 0.6 is 0 Å². The average Bonchev–Trinajstić information content (AvgIpc) is 3.49. The van der Waals surface area contributed by atoms with Crippen molar-refractivity contribution in [2.45, 2.75) is 19.3 Å². The molecular weight excluding hydrogens is 661 g/mol. The van der Waals surface area contributed by atoms with Crippen LogP contribution in [0.15, 0.2) is 194 Å². The van der Waals surface area contributed by atoms with Crippen LogP contribution in [0.2, 0.25) is 0 Å². The Labute approximate surface area is 322 Å². The van der Waals surface area contributed by atoms with Gasteiger partial charge in [-0.25, -0.2) is 0 Å². The first-order chi connectivity index (χ1) is 27.1. The summed E-state index contributed by atoms with van der Waals surface area (Å²) in [7, 11) is 0. The zero-order valence-corrected chi connectivity index (χ0v) is 31.0. The number of hydrogen-bond acceptors (Lipinski definition) is 0. The summed E-state index contributed by atoms with van der Waals surface area (Å²) < 4.78 is 0. The Morgan fingerprint density at radius 3 is 1.45 bits per heavy atom. The van der Waals surface area contributed by atoms with Gasteiger partial charge in [0, 0.05) is 5.41 Å². The average molecular weight is 699 g/mol. The van der Waals surface area contributed by atoms with E-state index >= 15 is 0 Å². The number of hydrogen-bond donors (Lipinski definition) is 0. The van der Waals surface area contributed by atoms with Gasteiger partial charge in [-0.1, -0.05) is 202 Å². The molecule has 11 rings (SSSR count). The molecule has 0 amide bonds. The molecule has 0 heterocycles. The molecule has 0 saturated heterocycles. The fraction of sp³-hybridized carbons (Fsp3) is 0.0545. The summed E-state index contributed by atoms with van der Waals surface area (Å²) in [6.45, 7) is 4.82. The minimum Gasteiger partial charge on any atom is -0.0616 e. The molecule has 0 radical (unpaired) electrons. The molecule has 0 bridgehead atoms. The van der Waals surface area contributed by atoms with Crippen molar-refractivity contribution in [2.75, 3.05) is 0 Å². The van der Waals surface area contributed by atoms with E-state index in [0.29, 0.717) is 0 Å². The second-order valence-electron chi connectivity index (χ2n) is 15.6. The highest BCUT2D eigenvalue weighted by Crippen LogP contribution is 2.55. The Hall–Kier alpha value is -6.76. The van der Waals surface area contributed by atoms with Crippen LogP contribution in [0, 0.1) is 0 Å². The maximum absolute atomic E-state index is 2.44. The van der Waals surface area contributed by atoms with Crippen molar-refractivity contribution < 1.29 is 0 Å². The van der Waals surface area contributed by atoms with Crippen molar-refractivity contribution in [1.82, 2.24) is 0 Å². The topological polar surface area (TPSA) is 0 Å². The van der Waals surface area contributed by atoms with E-state index in [1.807, 2.05) is 0 Å². The van der Waals surface area contributed by atoms with Crippen LogP contribution in [0.4, 0.5) is 0 Å². The van der Waals surface area contributed by atoms with Gasteiger partial charge in [0.15, 0.2) is 0 Å². The molecule has 0 aromatic heterocycles. The fourth-order valence-electron chi connectivity index (χ4n) is 9.95. The zero-order chi connectivity index (χ0) is 36.7. The van der Waals surface area contributed by atoms with Gasteiger partial charge in [-0.05, 0) is 116 Å². The molecule has 0 spiro atoms. The van der Waals surface area contributed by atoms with Gasteiger partial charge in [0.25, 0.3) is 0 Å². The van der Waals surface area contributed by atoms with Crippen LogP contribution in [0.1, 0.15) is 25.0 Å². The number of benzene rings is 10. The summed E-state index contributed by atoms with van der Waals surface area (Å²) in [5, 5.41) is 10.2. The van der Waals surface area contributed by atoms with Crippen molar-refractivity contribution in [2.24, 2.45) is 0 Å². The highest BCUT2D eigenvalue weighted by Gasteiger charge is 2.38. The second-order valence-corrected chi connectivity index (χ2v) is 15.6. The normalized spacial score (nSPS) is 13.1. The maximum atomic E-state index is 2.44. The van der Waals surface area contributed by atoms with Crippen LogP contribution in [0.5, 0.6) is 0 Å². The van der Waals surface area contributed by atoms with Crippen molar-refractivity contribution in [3.63, 3.8) is 0 Å². The summed E-state index contributed by atoms with van der Waals surface area (Å²) in [4.78, 5) is 0. The Bertz CT molecular complexity index is 3110. The lowest BCUT2D eigenvalue weighted by Gasteiger charge is -2.26. The molecule has 0 nitrogen and oxygen atoms in total. The summed E-state index contributed by atoms with van der Waals surface area (Å²) in [6, 6.07) is 72.1. The Morgan fingerprint density at radius 1 is 0.273 bits per heavy atom. The summed E-state index contributed by atoms with van der Waals surface area (Å²) in [6.07, 6.45) is 0. The molecule has 55 heavy (non-hydrogen) atoms. The van der Waals surface area contributed by atoms with Gasteiger partial charge in [-0.3, -0.25) is 0 Å². The summed E-state index contributed by atoms with van der Waals surface area (Å²) in [5.41, 5.74) is 15.5. The smallest absolute Gasteiger partial charge is 0.0171 e. The first-order valence-electron chi connectivity index (χ1n) is 19.4. The van der Waals surface area contributed by atoms with Gasteiger partial charge in [0.05, 0.1) is 0 Å². The molecule has 0 aliphatic heterocycles. The predicted octanol–water partition coefficient (Wildman–Crippen LogP) is 15.3. The van der Waals surface area contributed by atoms with Crippen LogP contribution in [0.25, 0.3) is 98.7 Å². The SMILES string of the molecule is CC1(C)c2c(-c3cccc(-c4c5ccccc5c(-c5ccccc5-c5cccc6ccccc56)c5ccccc45)c3)cccc2-c2ccc3ccccc3c21. The summed E-state index contributed by atoms with van der Waals surface area (Å²) >= 11 is 0. The largest absolute Gasteiger partial charge is 0.0616 e. The van der Waals surface area contributed by atoms with Crippen molar-refractivity contribution in [3.8, 4) is 55.6 Å². The molecule has 0 heteroatoms. The Kier molecular flexibility index (Phi) is 7.00. The van der Waals surface area contributed by atoms with Gasteiger partial charge >= 0.3 is 0 Å². The molecule has 0 N–H and O–H groups in total. The number of rotatable bonds is 4. The van der Waals surface area contributed by atoms with Crippen molar-refractivity contribution >= 4 is 43.1 Å². The van der Waals surface area contributed by atoms with Gasteiger partial charge < -0.3 is 0 Å². The van der Waals surface area contributed by atoms with Gasteiger partial charge in [0.2, 0.25) is 0 Å². The van der Waals surface area contributed by atoms with E-state index in [2.05, 4.69) is 208 Å². The molecule has 1 aliphatic rings. The van der Waals surface area contributed by atoms with Crippen molar-refractivity contribution in [3.05, 3.63) is 205 Å². The molecule has 0 saturated carbocycles. The third kappa shape index (κ3) is 4.71.